The molecule has 0 aliphatic heterocycles. The highest BCUT2D eigenvalue weighted by molar-refractivity contribution is 6.17. The van der Waals surface area contributed by atoms with Crippen molar-refractivity contribution in [3.05, 3.63) is 53.3 Å². The van der Waals surface area contributed by atoms with Crippen molar-refractivity contribution in [1.82, 2.24) is 0 Å². The average Bonchev–Trinajstić information content (AvgIpc) is 3.44. The third-order valence-electron chi connectivity index (χ3n) is 4.51. The zero-order valence-electron chi connectivity index (χ0n) is 14.7. The SMILES string of the molecule is COc1ccc(C)cc1NC(=O)C1(C(=O)Nc2ccc(F)c(F)c2F)CC1. The summed E-state index contributed by atoms with van der Waals surface area (Å²) in [5.74, 6) is -5.50. The molecule has 0 radical (unpaired) electrons. The minimum atomic E-state index is -1.69. The maximum absolute atomic E-state index is 13.8. The van der Waals surface area contributed by atoms with E-state index in [2.05, 4.69) is 10.6 Å². The van der Waals surface area contributed by atoms with Crippen LogP contribution in [0.3, 0.4) is 0 Å². The Balaban J connectivity index is 1.79. The zero-order valence-corrected chi connectivity index (χ0v) is 14.7. The predicted octanol–water partition coefficient (Wildman–Crippen LogP) is 3.78. The van der Waals surface area contributed by atoms with Gasteiger partial charge in [0.05, 0.1) is 18.5 Å². The smallest absolute Gasteiger partial charge is 0.240 e. The molecule has 0 spiro atoms. The van der Waals surface area contributed by atoms with E-state index in [1.54, 1.807) is 18.2 Å². The molecule has 8 heteroatoms. The molecule has 2 aromatic rings. The topological polar surface area (TPSA) is 67.4 Å². The molecule has 2 N–H and O–H groups in total. The first kappa shape index (κ1) is 18.8. The lowest BCUT2D eigenvalue weighted by molar-refractivity contribution is -0.131. The molecule has 2 aromatic carbocycles. The van der Waals surface area contributed by atoms with Crippen LogP contribution in [0.5, 0.6) is 5.75 Å². The molecule has 0 unspecified atom stereocenters. The number of anilines is 2. The molecule has 0 saturated heterocycles. The molecule has 0 bridgehead atoms. The molecule has 1 saturated carbocycles. The zero-order chi connectivity index (χ0) is 19.8. The lowest BCUT2D eigenvalue weighted by atomic mass is 10.0. The molecule has 27 heavy (non-hydrogen) atoms. The van der Waals surface area contributed by atoms with Crippen molar-refractivity contribution < 1.29 is 27.5 Å². The maximum Gasteiger partial charge on any atom is 0.240 e. The minimum absolute atomic E-state index is 0.254. The first-order valence-electron chi connectivity index (χ1n) is 8.19. The summed E-state index contributed by atoms with van der Waals surface area (Å²) in [7, 11) is 1.45. The first-order valence-corrected chi connectivity index (χ1v) is 8.19. The van der Waals surface area contributed by atoms with Crippen LogP contribution in [0, 0.1) is 29.8 Å². The summed E-state index contributed by atoms with van der Waals surface area (Å²) in [5, 5.41) is 4.83. The Kier molecular flexibility index (Phi) is 4.82. The summed E-state index contributed by atoms with van der Waals surface area (Å²) in [5.41, 5.74) is -0.637. The van der Waals surface area contributed by atoms with Crippen LogP contribution in [0.2, 0.25) is 0 Å². The molecule has 1 aliphatic rings. The Morgan fingerprint density at radius 1 is 0.963 bits per heavy atom. The first-order chi connectivity index (χ1) is 12.8. The maximum atomic E-state index is 13.8. The highest BCUT2D eigenvalue weighted by Gasteiger charge is 2.56. The van der Waals surface area contributed by atoms with Crippen LogP contribution in [0.1, 0.15) is 18.4 Å². The van der Waals surface area contributed by atoms with Gasteiger partial charge in [-0.3, -0.25) is 9.59 Å². The van der Waals surface area contributed by atoms with Gasteiger partial charge in [0.25, 0.3) is 0 Å². The Bertz CT molecular complexity index is 927. The van der Waals surface area contributed by atoms with Crippen LogP contribution in [0.25, 0.3) is 0 Å². The number of hydrogen-bond donors (Lipinski definition) is 2. The fourth-order valence-corrected chi connectivity index (χ4v) is 2.71. The standard InChI is InChI=1S/C19H17F3N2O3/c1-10-3-6-14(27-2)13(9-10)24-18(26)19(7-8-19)17(25)23-12-5-4-11(20)15(21)16(12)22/h3-6,9H,7-8H2,1-2H3,(H,23,25)(H,24,26). The van der Waals surface area contributed by atoms with E-state index >= 15 is 0 Å². The second-order valence-electron chi connectivity index (χ2n) is 6.42. The minimum Gasteiger partial charge on any atom is -0.495 e. The molecule has 2 amide bonds. The molecule has 142 valence electrons. The fraction of sp³-hybridized carbons (Fsp3) is 0.263. The summed E-state index contributed by atoms with van der Waals surface area (Å²) in [6.07, 6.45) is 0.508. The van der Waals surface area contributed by atoms with Crippen molar-refractivity contribution in [3.63, 3.8) is 0 Å². The summed E-state index contributed by atoms with van der Waals surface area (Å²) in [4.78, 5) is 25.2. The van der Waals surface area contributed by atoms with Crippen LogP contribution >= 0.6 is 0 Å². The lowest BCUT2D eigenvalue weighted by Gasteiger charge is -2.17. The summed E-state index contributed by atoms with van der Waals surface area (Å²) < 4.78 is 45.3. The number of ether oxygens (including phenoxy) is 1. The van der Waals surface area contributed by atoms with Crippen molar-refractivity contribution in [2.45, 2.75) is 19.8 Å². The van der Waals surface area contributed by atoms with Crippen molar-refractivity contribution in [2.75, 3.05) is 17.7 Å². The van der Waals surface area contributed by atoms with E-state index in [1.807, 2.05) is 6.92 Å². The number of benzene rings is 2. The Labute approximate surface area is 153 Å². The average molecular weight is 378 g/mol. The van der Waals surface area contributed by atoms with Gasteiger partial charge < -0.3 is 15.4 Å². The van der Waals surface area contributed by atoms with Crippen LogP contribution in [-0.2, 0) is 9.59 Å². The Morgan fingerprint density at radius 3 is 2.19 bits per heavy atom. The highest BCUT2D eigenvalue weighted by Crippen LogP contribution is 2.48. The number of aryl methyl sites for hydroxylation is 1. The van der Waals surface area contributed by atoms with E-state index in [-0.39, 0.29) is 12.8 Å². The van der Waals surface area contributed by atoms with Crippen molar-refractivity contribution >= 4 is 23.2 Å². The largest absolute Gasteiger partial charge is 0.495 e. The number of nitrogens with one attached hydrogen (secondary N) is 2. The number of hydrogen-bond acceptors (Lipinski definition) is 3. The predicted molar refractivity (Wildman–Crippen MR) is 93.0 cm³/mol. The molecule has 3 rings (SSSR count). The molecule has 0 heterocycles. The van der Waals surface area contributed by atoms with E-state index in [9.17, 15) is 22.8 Å². The summed E-state index contributed by atoms with van der Waals surface area (Å²) in [6, 6.07) is 6.79. The molecule has 5 nitrogen and oxygen atoms in total. The van der Waals surface area contributed by atoms with Crippen molar-refractivity contribution in [2.24, 2.45) is 5.41 Å². The summed E-state index contributed by atoms with van der Waals surface area (Å²) in [6.45, 7) is 1.83. The highest BCUT2D eigenvalue weighted by atomic mass is 19.2. The number of carbonyl (C=O) groups excluding carboxylic acids is 2. The second-order valence-corrected chi connectivity index (χ2v) is 6.42. The van der Waals surface area contributed by atoms with E-state index in [0.29, 0.717) is 17.5 Å². The Hall–Kier alpha value is -3.03. The quantitative estimate of drug-likeness (QED) is 0.615. The molecular formula is C19H17F3N2O3. The van der Waals surface area contributed by atoms with Crippen LogP contribution in [0.15, 0.2) is 30.3 Å². The number of amides is 2. The molecular weight excluding hydrogens is 361 g/mol. The third-order valence-corrected chi connectivity index (χ3v) is 4.51. The normalized spacial score (nSPS) is 14.4. The van der Waals surface area contributed by atoms with Crippen molar-refractivity contribution in [1.29, 1.82) is 0 Å². The second kappa shape index (κ2) is 6.94. The van der Waals surface area contributed by atoms with Gasteiger partial charge in [0.15, 0.2) is 17.5 Å². The number of methoxy groups -OCH3 is 1. The van der Waals surface area contributed by atoms with Gasteiger partial charge >= 0.3 is 0 Å². The van der Waals surface area contributed by atoms with E-state index < -0.39 is 40.4 Å². The van der Waals surface area contributed by atoms with Crippen LogP contribution in [0.4, 0.5) is 24.5 Å². The number of rotatable bonds is 5. The molecule has 1 fully saturated rings. The van der Waals surface area contributed by atoms with E-state index in [0.717, 1.165) is 11.6 Å². The van der Waals surface area contributed by atoms with Gasteiger partial charge in [-0.2, -0.15) is 0 Å². The molecule has 0 aromatic heterocycles. The van der Waals surface area contributed by atoms with Gasteiger partial charge in [-0.1, -0.05) is 6.07 Å². The molecule has 0 atom stereocenters. The van der Waals surface area contributed by atoms with Gasteiger partial charge in [-0.15, -0.1) is 0 Å². The van der Waals surface area contributed by atoms with Gasteiger partial charge in [-0.25, -0.2) is 13.2 Å². The molecule has 1 aliphatic carbocycles. The van der Waals surface area contributed by atoms with Gasteiger partial charge in [0.1, 0.15) is 11.2 Å². The Morgan fingerprint density at radius 2 is 1.59 bits per heavy atom. The van der Waals surface area contributed by atoms with Gasteiger partial charge in [0, 0.05) is 0 Å². The van der Waals surface area contributed by atoms with Gasteiger partial charge in [0.2, 0.25) is 11.8 Å². The van der Waals surface area contributed by atoms with Crippen molar-refractivity contribution in [3.8, 4) is 5.75 Å². The number of halogens is 3. The van der Waals surface area contributed by atoms with E-state index in [1.165, 1.54) is 7.11 Å². The van der Waals surface area contributed by atoms with Crippen LogP contribution < -0.4 is 15.4 Å². The fourth-order valence-electron chi connectivity index (χ4n) is 2.71. The van der Waals surface area contributed by atoms with E-state index in [4.69, 9.17) is 4.74 Å². The lowest BCUT2D eigenvalue weighted by Crippen LogP contribution is -2.36. The monoisotopic (exact) mass is 378 g/mol. The summed E-state index contributed by atoms with van der Waals surface area (Å²) >= 11 is 0. The van der Waals surface area contributed by atoms with Crippen LogP contribution in [-0.4, -0.2) is 18.9 Å². The third kappa shape index (κ3) is 3.47. The number of carbonyl (C=O) groups is 2. The van der Waals surface area contributed by atoms with Gasteiger partial charge in [-0.05, 0) is 49.6 Å².